The van der Waals surface area contributed by atoms with Gasteiger partial charge < -0.3 is 30.5 Å². The van der Waals surface area contributed by atoms with Crippen LogP contribution < -0.4 is 10.6 Å². The number of phenols is 1. The molecule has 194 valence electrons. The molecule has 0 saturated carbocycles. The molecular weight excluding hydrogens is 462 g/mol. The van der Waals surface area contributed by atoms with Crippen molar-refractivity contribution in [2.75, 3.05) is 20.2 Å². The number of carbonyl (C=O) groups is 3. The SMILES string of the molecule is CO[C@@H]1CN(C(=O)[C@@H](O)CNC(=O)c2cccc(O)c2C)[C@H](C(=O)NCc2ccccc2C)C1(C)C. The van der Waals surface area contributed by atoms with Gasteiger partial charge in [-0.2, -0.15) is 0 Å². The van der Waals surface area contributed by atoms with Crippen LogP contribution in [0.4, 0.5) is 0 Å². The first-order chi connectivity index (χ1) is 17.0. The average Bonchev–Trinajstić information content (AvgIpc) is 3.12. The van der Waals surface area contributed by atoms with Gasteiger partial charge in [0.2, 0.25) is 5.91 Å². The standard InChI is InChI=1S/C27H35N3O6/c1-16-9-6-7-10-18(16)13-28-25(34)23-27(3,4)22(36-5)15-30(23)26(35)21(32)14-29-24(33)19-11-8-12-20(31)17(19)2/h6-12,21-23,31-32H,13-15H2,1-5H3,(H,28,34)(H,29,33)/t21-,22+,23+/m0/s1. The van der Waals surface area contributed by atoms with Gasteiger partial charge in [-0.15, -0.1) is 0 Å². The molecule has 2 aromatic rings. The highest BCUT2D eigenvalue weighted by molar-refractivity contribution is 5.97. The fourth-order valence-electron chi connectivity index (χ4n) is 4.69. The van der Waals surface area contributed by atoms with E-state index in [4.69, 9.17) is 4.74 Å². The van der Waals surface area contributed by atoms with Crippen LogP contribution in [0.5, 0.6) is 5.75 Å². The number of hydrogen-bond donors (Lipinski definition) is 4. The summed E-state index contributed by atoms with van der Waals surface area (Å²) >= 11 is 0. The van der Waals surface area contributed by atoms with Gasteiger partial charge in [-0.3, -0.25) is 14.4 Å². The molecular formula is C27H35N3O6. The molecule has 1 saturated heterocycles. The lowest BCUT2D eigenvalue weighted by Gasteiger charge is -2.33. The van der Waals surface area contributed by atoms with Crippen molar-refractivity contribution in [3.63, 3.8) is 0 Å². The van der Waals surface area contributed by atoms with Crippen LogP contribution in [0.15, 0.2) is 42.5 Å². The highest BCUT2D eigenvalue weighted by atomic mass is 16.5. The monoisotopic (exact) mass is 497 g/mol. The molecule has 3 atom stereocenters. The number of aryl methyl sites for hydroxylation is 1. The van der Waals surface area contributed by atoms with Crippen LogP contribution in [0.1, 0.15) is 40.9 Å². The number of carbonyl (C=O) groups excluding carboxylic acids is 3. The highest BCUT2D eigenvalue weighted by Crippen LogP contribution is 2.38. The van der Waals surface area contributed by atoms with Gasteiger partial charge in [0.25, 0.3) is 11.8 Å². The lowest BCUT2D eigenvalue weighted by Crippen LogP contribution is -2.54. The lowest BCUT2D eigenvalue weighted by atomic mass is 9.82. The van der Waals surface area contributed by atoms with E-state index < -0.39 is 35.5 Å². The average molecular weight is 498 g/mol. The van der Waals surface area contributed by atoms with E-state index in [2.05, 4.69) is 10.6 Å². The fraction of sp³-hybridized carbons (Fsp3) is 0.444. The zero-order valence-electron chi connectivity index (χ0n) is 21.4. The highest BCUT2D eigenvalue weighted by Gasteiger charge is 2.54. The van der Waals surface area contributed by atoms with E-state index in [0.29, 0.717) is 12.1 Å². The van der Waals surface area contributed by atoms with Crippen LogP contribution >= 0.6 is 0 Å². The number of ether oxygens (including phenoxy) is 1. The zero-order valence-corrected chi connectivity index (χ0v) is 21.4. The van der Waals surface area contributed by atoms with Crippen molar-refractivity contribution in [2.24, 2.45) is 5.41 Å². The van der Waals surface area contributed by atoms with Gasteiger partial charge >= 0.3 is 0 Å². The molecule has 4 N–H and O–H groups in total. The largest absolute Gasteiger partial charge is 0.508 e. The lowest BCUT2D eigenvalue weighted by molar-refractivity contribution is -0.146. The maximum atomic E-state index is 13.3. The summed E-state index contributed by atoms with van der Waals surface area (Å²) in [6.45, 7) is 7.35. The van der Waals surface area contributed by atoms with Gasteiger partial charge in [0.15, 0.2) is 0 Å². The zero-order chi connectivity index (χ0) is 26.6. The maximum absolute atomic E-state index is 13.3. The minimum Gasteiger partial charge on any atom is -0.508 e. The number of aromatic hydroxyl groups is 1. The number of aliphatic hydroxyl groups is 1. The summed E-state index contributed by atoms with van der Waals surface area (Å²) in [4.78, 5) is 40.5. The van der Waals surface area contributed by atoms with Crippen LogP contribution in [-0.2, 0) is 20.9 Å². The van der Waals surface area contributed by atoms with E-state index in [1.54, 1.807) is 13.0 Å². The smallest absolute Gasteiger partial charge is 0.254 e. The van der Waals surface area contributed by atoms with Gasteiger partial charge in [0.05, 0.1) is 12.6 Å². The number of aliphatic hydroxyl groups excluding tert-OH is 1. The molecule has 1 aliphatic heterocycles. The summed E-state index contributed by atoms with van der Waals surface area (Å²) in [7, 11) is 1.52. The number of likely N-dealkylation sites (tertiary alicyclic amines) is 1. The Kier molecular flexibility index (Phi) is 8.37. The van der Waals surface area contributed by atoms with Crippen molar-refractivity contribution < 1.29 is 29.3 Å². The number of nitrogens with one attached hydrogen (secondary N) is 2. The summed E-state index contributed by atoms with van der Waals surface area (Å²) in [5.74, 6) is -1.57. The predicted octanol–water partition coefficient (Wildman–Crippen LogP) is 1.67. The molecule has 9 heteroatoms. The number of nitrogens with zero attached hydrogens (tertiary/aromatic N) is 1. The van der Waals surface area contributed by atoms with E-state index in [0.717, 1.165) is 11.1 Å². The summed E-state index contributed by atoms with van der Waals surface area (Å²) in [6.07, 6.45) is -1.99. The Morgan fingerprint density at radius 3 is 2.47 bits per heavy atom. The van der Waals surface area contributed by atoms with Crippen molar-refractivity contribution in [1.29, 1.82) is 0 Å². The first kappa shape index (κ1) is 27.2. The van der Waals surface area contributed by atoms with Crippen LogP contribution in [0.3, 0.4) is 0 Å². The Morgan fingerprint density at radius 1 is 1.11 bits per heavy atom. The van der Waals surface area contributed by atoms with Gasteiger partial charge in [-0.25, -0.2) is 0 Å². The third-order valence-corrected chi connectivity index (χ3v) is 7.03. The number of methoxy groups -OCH3 is 1. The molecule has 1 aliphatic rings. The molecule has 2 aromatic carbocycles. The van der Waals surface area contributed by atoms with Crippen molar-refractivity contribution >= 4 is 17.7 Å². The molecule has 0 aliphatic carbocycles. The van der Waals surface area contributed by atoms with Gasteiger partial charge in [-0.05, 0) is 37.1 Å². The first-order valence-corrected chi connectivity index (χ1v) is 11.9. The molecule has 0 spiro atoms. The number of amides is 3. The van der Waals surface area contributed by atoms with Crippen molar-refractivity contribution in [2.45, 2.75) is 52.5 Å². The minimum atomic E-state index is -1.57. The van der Waals surface area contributed by atoms with Crippen molar-refractivity contribution in [3.05, 3.63) is 64.7 Å². The van der Waals surface area contributed by atoms with E-state index in [9.17, 15) is 24.6 Å². The molecule has 36 heavy (non-hydrogen) atoms. The summed E-state index contributed by atoms with van der Waals surface area (Å²) in [6, 6.07) is 11.4. The van der Waals surface area contributed by atoms with E-state index in [1.165, 1.54) is 24.1 Å². The second-order valence-corrected chi connectivity index (χ2v) is 9.76. The number of hydrogen-bond acceptors (Lipinski definition) is 6. The Bertz CT molecular complexity index is 1130. The Labute approximate surface area is 211 Å². The third-order valence-electron chi connectivity index (χ3n) is 7.03. The van der Waals surface area contributed by atoms with Crippen LogP contribution in [0.2, 0.25) is 0 Å². The molecule has 1 heterocycles. The second-order valence-electron chi connectivity index (χ2n) is 9.76. The quantitative estimate of drug-likeness (QED) is 0.439. The molecule has 1 fully saturated rings. The Hall–Kier alpha value is -3.43. The Balaban J connectivity index is 1.72. The van der Waals surface area contributed by atoms with Gasteiger partial charge in [0, 0.05) is 36.7 Å². The topological polar surface area (TPSA) is 128 Å². The third kappa shape index (κ3) is 5.52. The number of rotatable bonds is 8. The van der Waals surface area contributed by atoms with Crippen molar-refractivity contribution in [1.82, 2.24) is 15.5 Å². The fourth-order valence-corrected chi connectivity index (χ4v) is 4.69. The van der Waals surface area contributed by atoms with Crippen LogP contribution in [-0.4, -0.2) is 71.3 Å². The summed E-state index contributed by atoms with van der Waals surface area (Å²) < 4.78 is 5.58. The van der Waals surface area contributed by atoms with E-state index >= 15 is 0 Å². The van der Waals surface area contributed by atoms with Gasteiger partial charge in [-0.1, -0.05) is 44.2 Å². The van der Waals surface area contributed by atoms with Crippen LogP contribution in [0.25, 0.3) is 0 Å². The normalized spacial score (nSPS) is 19.6. The van der Waals surface area contributed by atoms with E-state index in [1.807, 2.05) is 45.0 Å². The molecule has 9 nitrogen and oxygen atoms in total. The summed E-state index contributed by atoms with van der Waals surface area (Å²) in [5.41, 5.74) is 1.92. The second kappa shape index (κ2) is 11.1. The number of benzene rings is 2. The van der Waals surface area contributed by atoms with E-state index in [-0.39, 0.29) is 30.3 Å². The maximum Gasteiger partial charge on any atom is 0.254 e. The summed E-state index contributed by atoms with van der Waals surface area (Å²) in [5, 5.41) is 25.9. The first-order valence-electron chi connectivity index (χ1n) is 11.9. The van der Waals surface area contributed by atoms with Crippen molar-refractivity contribution in [3.8, 4) is 5.75 Å². The minimum absolute atomic E-state index is 0.0243. The Morgan fingerprint density at radius 2 is 1.81 bits per heavy atom. The molecule has 0 unspecified atom stereocenters. The molecule has 3 rings (SSSR count). The molecule has 0 bridgehead atoms. The number of phenolic OH excluding ortho intramolecular Hbond substituents is 1. The van der Waals surface area contributed by atoms with Gasteiger partial charge in [0.1, 0.15) is 17.9 Å². The molecule has 3 amide bonds. The molecule has 0 aromatic heterocycles. The van der Waals surface area contributed by atoms with Crippen LogP contribution in [0, 0.1) is 19.3 Å². The molecule has 0 radical (unpaired) electrons. The predicted molar refractivity (Wildman–Crippen MR) is 134 cm³/mol.